The summed E-state index contributed by atoms with van der Waals surface area (Å²) in [6, 6.07) is 4.09. The summed E-state index contributed by atoms with van der Waals surface area (Å²) in [7, 11) is 0. The Morgan fingerprint density at radius 2 is 2.11 bits per heavy atom. The molecule has 1 aromatic rings. The molecule has 4 nitrogen and oxygen atoms in total. The first-order valence-corrected chi connectivity index (χ1v) is 6.84. The van der Waals surface area contributed by atoms with Gasteiger partial charge in [0, 0.05) is 36.5 Å². The highest BCUT2D eigenvalue weighted by Crippen LogP contribution is 2.16. The van der Waals surface area contributed by atoms with E-state index in [4.69, 9.17) is 5.26 Å². The zero-order valence-electron chi connectivity index (χ0n) is 12.4. The first-order valence-electron chi connectivity index (χ1n) is 6.84. The van der Waals surface area contributed by atoms with Crippen molar-refractivity contribution in [2.24, 2.45) is 0 Å². The van der Waals surface area contributed by atoms with Crippen LogP contribution in [0.25, 0.3) is 0 Å². The maximum absolute atomic E-state index is 12.3. The minimum atomic E-state index is 0.146. The van der Waals surface area contributed by atoms with E-state index in [1.165, 1.54) is 0 Å². The third-order valence-corrected chi connectivity index (χ3v) is 3.54. The second kappa shape index (κ2) is 7.10. The lowest BCUT2D eigenvalue weighted by Crippen LogP contribution is -2.30. The van der Waals surface area contributed by atoms with Crippen molar-refractivity contribution >= 4 is 5.78 Å². The first kappa shape index (κ1) is 15.5. The van der Waals surface area contributed by atoms with Crippen LogP contribution in [0.2, 0.25) is 0 Å². The molecule has 0 aliphatic rings. The van der Waals surface area contributed by atoms with Crippen LogP contribution in [-0.4, -0.2) is 34.9 Å². The molecule has 0 radical (unpaired) electrons. The first-order chi connectivity index (χ1) is 9.04. The minimum absolute atomic E-state index is 0.146. The molecule has 0 aromatic carbocycles. The Morgan fingerprint density at radius 3 is 2.58 bits per heavy atom. The summed E-state index contributed by atoms with van der Waals surface area (Å²) in [6.07, 6.45) is 0.467. The Morgan fingerprint density at radius 1 is 1.42 bits per heavy atom. The molecule has 0 saturated carbocycles. The van der Waals surface area contributed by atoms with Crippen LogP contribution in [0, 0.1) is 25.2 Å². The summed E-state index contributed by atoms with van der Waals surface area (Å²) in [5.74, 6) is 0.146. The number of rotatable bonds is 7. The van der Waals surface area contributed by atoms with Crippen LogP contribution in [0.15, 0.2) is 6.07 Å². The largest absolute Gasteiger partial charge is 0.349 e. The normalized spacial score (nSPS) is 10.7. The lowest BCUT2D eigenvalue weighted by atomic mass is 10.1. The second-order valence-corrected chi connectivity index (χ2v) is 4.73. The zero-order valence-corrected chi connectivity index (χ0v) is 12.4. The Labute approximate surface area is 115 Å². The van der Waals surface area contributed by atoms with Crippen molar-refractivity contribution in [2.45, 2.75) is 40.7 Å². The summed E-state index contributed by atoms with van der Waals surface area (Å²) in [5.41, 5.74) is 2.99. The number of likely N-dealkylation sites (N-methyl/N-ethyl adjacent to an activating group) is 1. The molecule has 0 atom stereocenters. The molecule has 0 aliphatic heterocycles. The number of nitriles is 1. The molecule has 0 fully saturated rings. The molecule has 0 aliphatic carbocycles. The van der Waals surface area contributed by atoms with E-state index >= 15 is 0 Å². The molecule has 104 valence electrons. The van der Waals surface area contributed by atoms with Gasteiger partial charge in [-0.3, -0.25) is 9.69 Å². The highest BCUT2D eigenvalue weighted by atomic mass is 16.1. The van der Waals surface area contributed by atoms with E-state index in [0.717, 1.165) is 30.0 Å². The molecule has 4 heteroatoms. The summed E-state index contributed by atoms with van der Waals surface area (Å²) in [4.78, 5) is 14.4. The van der Waals surface area contributed by atoms with Gasteiger partial charge < -0.3 is 4.57 Å². The van der Waals surface area contributed by atoms with Gasteiger partial charge in [0.1, 0.15) is 0 Å². The second-order valence-electron chi connectivity index (χ2n) is 4.73. The van der Waals surface area contributed by atoms with Crippen molar-refractivity contribution in [1.29, 1.82) is 5.26 Å². The van der Waals surface area contributed by atoms with Crippen LogP contribution in [0.5, 0.6) is 0 Å². The molecular formula is C15H23N3O. The quantitative estimate of drug-likeness (QED) is 0.709. The number of ketones is 1. The van der Waals surface area contributed by atoms with Gasteiger partial charge in [0.05, 0.1) is 12.6 Å². The number of Topliss-reactive ketones (excluding diaryl/α,β-unsaturated/α-hetero) is 1. The van der Waals surface area contributed by atoms with Crippen molar-refractivity contribution in [1.82, 2.24) is 9.47 Å². The summed E-state index contributed by atoms with van der Waals surface area (Å²) >= 11 is 0. The highest BCUT2D eigenvalue weighted by Gasteiger charge is 2.17. The fraction of sp³-hybridized carbons (Fsp3) is 0.600. The molecular weight excluding hydrogens is 238 g/mol. The van der Waals surface area contributed by atoms with Crippen LogP contribution in [-0.2, 0) is 6.54 Å². The van der Waals surface area contributed by atoms with E-state index in [9.17, 15) is 4.79 Å². The number of aryl methyl sites for hydroxylation is 1. The van der Waals surface area contributed by atoms with Crippen LogP contribution in [0.1, 0.15) is 42.0 Å². The van der Waals surface area contributed by atoms with Crippen molar-refractivity contribution in [3.05, 3.63) is 23.0 Å². The predicted molar refractivity (Wildman–Crippen MR) is 76.3 cm³/mol. The van der Waals surface area contributed by atoms with Crippen molar-refractivity contribution in [3.63, 3.8) is 0 Å². The Balaban J connectivity index is 2.80. The average molecular weight is 261 g/mol. The SMILES string of the molecule is CCN(CCC#N)CC(=O)c1cc(C)n(CC)c1C. The monoisotopic (exact) mass is 261 g/mol. The molecule has 0 bridgehead atoms. The fourth-order valence-electron chi connectivity index (χ4n) is 2.42. The molecule has 0 amide bonds. The van der Waals surface area contributed by atoms with Crippen molar-refractivity contribution < 1.29 is 4.79 Å². The van der Waals surface area contributed by atoms with E-state index < -0.39 is 0 Å². The number of aromatic nitrogens is 1. The van der Waals surface area contributed by atoms with Gasteiger partial charge in [0.2, 0.25) is 0 Å². The maximum Gasteiger partial charge on any atom is 0.178 e. The van der Waals surface area contributed by atoms with Crippen LogP contribution in [0.4, 0.5) is 0 Å². The van der Waals surface area contributed by atoms with Gasteiger partial charge in [-0.05, 0) is 33.4 Å². The Hall–Kier alpha value is -1.60. The minimum Gasteiger partial charge on any atom is -0.349 e. The van der Waals surface area contributed by atoms with Crippen molar-refractivity contribution in [2.75, 3.05) is 19.6 Å². The number of carbonyl (C=O) groups is 1. The van der Waals surface area contributed by atoms with E-state index in [-0.39, 0.29) is 5.78 Å². The highest BCUT2D eigenvalue weighted by molar-refractivity contribution is 5.99. The van der Waals surface area contributed by atoms with Gasteiger partial charge in [-0.25, -0.2) is 0 Å². The standard InChI is InChI=1S/C15H23N3O/c1-5-17(9-7-8-16)11-15(19)14-10-12(3)18(6-2)13(14)4/h10H,5-7,9,11H2,1-4H3. The van der Waals surface area contributed by atoms with Crippen LogP contribution >= 0.6 is 0 Å². The zero-order chi connectivity index (χ0) is 14.4. The van der Waals surface area contributed by atoms with Gasteiger partial charge >= 0.3 is 0 Å². The molecule has 0 N–H and O–H groups in total. The Bertz CT molecular complexity index is 482. The topological polar surface area (TPSA) is 49.0 Å². The Kier molecular flexibility index (Phi) is 5.78. The smallest absolute Gasteiger partial charge is 0.178 e. The molecule has 1 heterocycles. The van der Waals surface area contributed by atoms with Gasteiger partial charge in [-0.2, -0.15) is 5.26 Å². The predicted octanol–water partition coefficient (Wildman–Crippen LogP) is 2.54. The molecule has 0 saturated heterocycles. The van der Waals surface area contributed by atoms with E-state index in [2.05, 4.69) is 17.6 Å². The average Bonchev–Trinajstić information content (AvgIpc) is 2.69. The maximum atomic E-state index is 12.3. The van der Waals surface area contributed by atoms with Crippen LogP contribution in [0.3, 0.4) is 0 Å². The lowest BCUT2D eigenvalue weighted by Gasteiger charge is -2.17. The molecule has 1 aromatic heterocycles. The third-order valence-electron chi connectivity index (χ3n) is 3.54. The summed E-state index contributed by atoms with van der Waals surface area (Å²) < 4.78 is 2.15. The van der Waals surface area contributed by atoms with E-state index in [1.54, 1.807) is 0 Å². The number of hydrogen-bond acceptors (Lipinski definition) is 3. The third kappa shape index (κ3) is 3.68. The van der Waals surface area contributed by atoms with Crippen molar-refractivity contribution in [3.8, 4) is 6.07 Å². The molecule has 0 spiro atoms. The van der Waals surface area contributed by atoms with Gasteiger partial charge in [0.25, 0.3) is 0 Å². The number of nitrogens with zero attached hydrogens (tertiary/aromatic N) is 3. The summed E-state index contributed by atoms with van der Waals surface area (Å²) in [5, 5.41) is 8.61. The van der Waals surface area contributed by atoms with E-state index in [0.29, 0.717) is 19.5 Å². The molecule has 1 rings (SSSR count). The fourth-order valence-corrected chi connectivity index (χ4v) is 2.42. The molecule has 19 heavy (non-hydrogen) atoms. The summed E-state index contributed by atoms with van der Waals surface area (Å²) in [6.45, 7) is 10.9. The lowest BCUT2D eigenvalue weighted by molar-refractivity contribution is 0.0934. The van der Waals surface area contributed by atoms with Gasteiger partial charge in [-0.15, -0.1) is 0 Å². The van der Waals surface area contributed by atoms with Gasteiger partial charge in [-0.1, -0.05) is 6.92 Å². The number of carbonyl (C=O) groups excluding carboxylic acids is 1. The number of hydrogen-bond donors (Lipinski definition) is 0. The van der Waals surface area contributed by atoms with Crippen LogP contribution < -0.4 is 0 Å². The van der Waals surface area contributed by atoms with E-state index in [1.807, 2.05) is 31.7 Å². The molecule has 0 unspecified atom stereocenters. The van der Waals surface area contributed by atoms with Gasteiger partial charge in [0.15, 0.2) is 5.78 Å².